The van der Waals surface area contributed by atoms with Crippen LogP contribution < -0.4 is 4.74 Å². The summed E-state index contributed by atoms with van der Waals surface area (Å²) >= 11 is 1.43. The predicted molar refractivity (Wildman–Crippen MR) is 143 cm³/mol. The van der Waals surface area contributed by atoms with Crippen LogP contribution in [0.25, 0.3) is 21.1 Å². The zero-order valence-corrected chi connectivity index (χ0v) is 22.7. The number of ether oxygens (including phenoxy) is 2. The molecule has 0 fully saturated rings. The summed E-state index contributed by atoms with van der Waals surface area (Å²) < 4.78 is 11.1. The van der Waals surface area contributed by atoms with Gasteiger partial charge in [0, 0.05) is 11.1 Å². The number of aromatic nitrogens is 2. The highest BCUT2D eigenvalue weighted by molar-refractivity contribution is 7.17. The van der Waals surface area contributed by atoms with Crippen LogP contribution in [0.5, 0.6) is 5.75 Å². The first-order chi connectivity index (χ1) is 18.2. The van der Waals surface area contributed by atoms with Crippen molar-refractivity contribution in [1.29, 1.82) is 5.26 Å². The average molecular weight is 537 g/mol. The molecule has 10 heteroatoms. The number of rotatable bonds is 8. The number of carbonyl (C=O) groups excluding carboxylic acids is 1. The van der Waals surface area contributed by atoms with Crippen molar-refractivity contribution in [2.75, 3.05) is 6.54 Å². The number of nitriles is 1. The Balaban J connectivity index is 1.68. The number of aliphatic hydroxyl groups is 2. The topological polar surface area (TPSA) is 129 Å². The summed E-state index contributed by atoms with van der Waals surface area (Å²) in [5.74, 6) is 0.535. The van der Waals surface area contributed by atoms with Gasteiger partial charge in [-0.1, -0.05) is 29.5 Å². The molecule has 1 unspecified atom stereocenters. The van der Waals surface area contributed by atoms with E-state index in [4.69, 9.17) is 9.47 Å². The summed E-state index contributed by atoms with van der Waals surface area (Å²) in [7, 11) is 0. The molecule has 1 atom stereocenters. The van der Waals surface area contributed by atoms with E-state index in [1.165, 1.54) is 16.2 Å². The van der Waals surface area contributed by atoms with E-state index < -0.39 is 12.4 Å². The highest BCUT2D eigenvalue weighted by Gasteiger charge is 2.33. The van der Waals surface area contributed by atoms with Crippen LogP contribution in [-0.2, 0) is 11.2 Å². The Morgan fingerprint density at radius 2 is 1.92 bits per heavy atom. The first kappa shape index (κ1) is 27.5. The van der Waals surface area contributed by atoms with Gasteiger partial charge in [-0.05, 0) is 76.3 Å². The smallest absolute Gasteiger partial charge is 0.410 e. The molecule has 0 saturated heterocycles. The van der Waals surface area contributed by atoms with Gasteiger partial charge in [-0.15, -0.1) is 10.2 Å². The maximum Gasteiger partial charge on any atom is 0.410 e. The molecule has 1 aliphatic rings. The third kappa shape index (κ3) is 6.13. The second kappa shape index (κ2) is 11.9. The number of carbonyl (C=O) groups is 1. The molecule has 0 aliphatic heterocycles. The number of benzene rings is 2. The van der Waals surface area contributed by atoms with Gasteiger partial charge in [0.25, 0.3) is 0 Å². The lowest BCUT2D eigenvalue weighted by molar-refractivity contribution is -0.0686. The normalized spacial score (nSPS) is 14.9. The zero-order valence-electron chi connectivity index (χ0n) is 21.9. The first-order valence-electron chi connectivity index (χ1n) is 12.7. The third-order valence-electron chi connectivity index (χ3n) is 6.15. The predicted octanol–water partition coefficient (Wildman–Crippen LogP) is 5.07. The van der Waals surface area contributed by atoms with Crippen LogP contribution >= 0.6 is 11.3 Å². The van der Waals surface area contributed by atoms with Crippen molar-refractivity contribution >= 4 is 17.4 Å². The van der Waals surface area contributed by atoms with E-state index in [1.54, 1.807) is 26.0 Å². The molecule has 200 valence electrons. The lowest BCUT2D eigenvalue weighted by Gasteiger charge is -2.36. The first-order valence-corrected chi connectivity index (χ1v) is 13.5. The number of aliphatic hydroxyl groups excluding tert-OH is 1. The standard InChI is InChI=1S/C28H32N4O5S/c1-16(2)36-24-12-11-18(13-19(24)14-29)26-30-31-27(38-26)22-9-5-8-21-20(22)7-6-10-23(21)32(15-25(33)34)28(35)37-17(3)4/h5,8-9,11-13,16-17,23,25,33-34H,6-7,10,15H2,1-4H3. The molecule has 1 amide bonds. The minimum absolute atomic E-state index is 0.0436. The minimum atomic E-state index is -1.68. The quantitative estimate of drug-likeness (QED) is 0.382. The molecule has 38 heavy (non-hydrogen) atoms. The Kier molecular flexibility index (Phi) is 8.62. The number of nitrogens with zero attached hydrogens (tertiary/aromatic N) is 4. The van der Waals surface area contributed by atoms with Crippen LogP contribution in [-0.4, -0.2) is 56.4 Å². The molecule has 0 bridgehead atoms. The van der Waals surface area contributed by atoms with Crippen molar-refractivity contribution in [1.82, 2.24) is 15.1 Å². The number of hydrogen-bond donors (Lipinski definition) is 2. The molecule has 4 rings (SSSR count). The molecule has 0 spiro atoms. The van der Waals surface area contributed by atoms with Gasteiger partial charge in [0.2, 0.25) is 0 Å². The SMILES string of the molecule is CC(C)OC(=O)N(CC(O)O)C1CCCc2c(-c3nnc(-c4ccc(OC(C)C)c(C#N)c4)s3)cccc21. The summed E-state index contributed by atoms with van der Waals surface area (Å²) in [5, 5.41) is 39.2. The monoisotopic (exact) mass is 536 g/mol. The van der Waals surface area contributed by atoms with Crippen molar-refractivity contribution in [3.63, 3.8) is 0 Å². The van der Waals surface area contributed by atoms with E-state index in [0.717, 1.165) is 40.1 Å². The van der Waals surface area contributed by atoms with Gasteiger partial charge in [0.05, 0.1) is 30.4 Å². The third-order valence-corrected chi connectivity index (χ3v) is 7.15. The number of hydrogen-bond acceptors (Lipinski definition) is 9. The van der Waals surface area contributed by atoms with Gasteiger partial charge >= 0.3 is 6.09 Å². The van der Waals surface area contributed by atoms with Crippen LogP contribution in [0.4, 0.5) is 4.79 Å². The molecule has 2 N–H and O–H groups in total. The summed E-state index contributed by atoms with van der Waals surface area (Å²) in [5.41, 5.74) is 4.14. The minimum Gasteiger partial charge on any atom is -0.490 e. The van der Waals surface area contributed by atoms with Crippen molar-refractivity contribution in [2.24, 2.45) is 0 Å². The molecule has 0 saturated carbocycles. The van der Waals surface area contributed by atoms with Crippen LogP contribution in [0.2, 0.25) is 0 Å². The van der Waals surface area contributed by atoms with Gasteiger partial charge < -0.3 is 19.7 Å². The molecule has 1 heterocycles. The van der Waals surface area contributed by atoms with Crippen molar-refractivity contribution in [3.05, 3.63) is 53.1 Å². The lowest BCUT2D eigenvalue weighted by Crippen LogP contribution is -2.42. The van der Waals surface area contributed by atoms with Crippen molar-refractivity contribution in [2.45, 2.75) is 71.5 Å². The molecular formula is C28H32N4O5S. The fourth-order valence-corrected chi connectivity index (χ4v) is 5.57. The molecule has 1 aromatic heterocycles. The van der Waals surface area contributed by atoms with Crippen LogP contribution in [0.15, 0.2) is 36.4 Å². The fraction of sp³-hybridized carbons (Fsp3) is 0.429. The molecule has 9 nitrogen and oxygen atoms in total. The van der Waals surface area contributed by atoms with Crippen LogP contribution in [0, 0.1) is 11.3 Å². The average Bonchev–Trinajstić information content (AvgIpc) is 3.36. The van der Waals surface area contributed by atoms with Crippen LogP contribution in [0.3, 0.4) is 0 Å². The van der Waals surface area contributed by atoms with Gasteiger partial charge in [-0.3, -0.25) is 4.90 Å². The highest BCUT2D eigenvalue weighted by Crippen LogP contribution is 2.41. The lowest BCUT2D eigenvalue weighted by atomic mass is 9.84. The maximum atomic E-state index is 12.9. The Bertz CT molecular complexity index is 1330. The Labute approximate surface area is 226 Å². The number of fused-ring (bicyclic) bond motifs is 1. The van der Waals surface area contributed by atoms with E-state index in [9.17, 15) is 20.3 Å². The Morgan fingerprint density at radius 3 is 2.61 bits per heavy atom. The number of amides is 1. The van der Waals surface area contributed by atoms with Gasteiger partial charge in [-0.2, -0.15) is 5.26 Å². The van der Waals surface area contributed by atoms with E-state index in [2.05, 4.69) is 16.3 Å². The molecule has 0 radical (unpaired) electrons. The summed E-state index contributed by atoms with van der Waals surface area (Å²) in [6, 6.07) is 13.1. The highest BCUT2D eigenvalue weighted by atomic mass is 32.1. The van der Waals surface area contributed by atoms with Gasteiger partial charge in [0.1, 0.15) is 21.8 Å². The summed E-state index contributed by atoms with van der Waals surface area (Å²) in [6.07, 6.45) is -0.334. The Hall–Kier alpha value is -3.52. The summed E-state index contributed by atoms with van der Waals surface area (Å²) in [4.78, 5) is 14.3. The molecule has 1 aliphatic carbocycles. The second-order valence-electron chi connectivity index (χ2n) is 9.75. The van der Waals surface area contributed by atoms with E-state index in [-0.39, 0.29) is 24.8 Å². The zero-order chi connectivity index (χ0) is 27.4. The van der Waals surface area contributed by atoms with Gasteiger partial charge in [0.15, 0.2) is 6.29 Å². The van der Waals surface area contributed by atoms with E-state index in [1.807, 2.05) is 38.1 Å². The largest absolute Gasteiger partial charge is 0.490 e. The molecule has 3 aromatic rings. The fourth-order valence-electron chi connectivity index (χ4n) is 4.68. The van der Waals surface area contributed by atoms with Gasteiger partial charge in [-0.25, -0.2) is 4.79 Å². The second-order valence-corrected chi connectivity index (χ2v) is 10.7. The van der Waals surface area contributed by atoms with Crippen molar-refractivity contribution < 1.29 is 24.5 Å². The van der Waals surface area contributed by atoms with E-state index in [0.29, 0.717) is 22.7 Å². The van der Waals surface area contributed by atoms with Crippen LogP contribution in [0.1, 0.15) is 63.3 Å². The maximum absolute atomic E-state index is 12.9. The Morgan fingerprint density at radius 1 is 1.16 bits per heavy atom. The van der Waals surface area contributed by atoms with Crippen molar-refractivity contribution in [3.8, 4) is 33.0 Å². The van der Waals surface area contributed by atoms with E-state index >= 15 is 0 Å². The molecule has 2 aromatic carbocycles. The molecular weight excluding hydrogens is 504 g/mol. The summed E-state index contributed by atoms with van der Waals surface area (Å²) in [6.45, 7) is 7.09.